The molecular formula is C16H16BrN3O. The van der Waals surface area contributed by atoms with Crippen molar-refractivity contribution in [1.29, 1.82) is 0 Å². The van der Waals surface area contributed by atoms with Crippen molar-refractivity contribution in [1.82, 2.24) is 9.88 Å². The highest BCUT2D eigenvalue weighted by molar-refractivity contribution is 9.10. The predicted molar refractivity (Wildman–Crippen MR) is 85.8 cm³/mol. The Morgan fingerprint density at radius 1 is 1.29 bits per heavy atom. The molecule has 5 heteroatoms. The molecule has 1 aliphatic rings. The van der Waals surface area contributed by atoms with Crippen LogP contribution >= 0.6 is 15.9 Å². The Balaban J connectivity index is 1.92. The van der Waals surface area contributed by atoms with Gasteiger partial charge in [0.15, 0.2) is 0 Å². The molecule has 108 valence electrons. The first-order chi connectivity index (χ1) is 10.2. The predicted octanol–water partition coefficient (Wildman–Crippen LogP) is 3.40. The van der Waals surface area contributed by atoms with E-state index in [0.717, 1.165) is 29.4 Å². The van der Waals surface area contributed by atoms with E-state index in [1.807, 2.05) is 23.1 Å². The smallest absolute Gasteiger partial charge is 0.256 e. The molecule has 2 heterocycles. The molecule has 1 aromatic heterocycles. The average molecular weight is 346 g/mol. The SMILES string of the molecule is Nc1ccc(Br)cc1C(=O)N1CCCC1c1ccncc1. The maximum Gasteiger partial charge on any atom is 0.256 e. The summed E-state index contributed by atoms with van der Waals surface area (Å²) in [7, 11) is 0. The highest BCUT2D eigenvalue weighted by Crippen LogP contribution is 2.34. The van der Waals surface area contributed by atoms with Crippen molar-refractivity contribution in [3.05, 3.63) is 58.3 Å². The van der Waals surface area contributed by atoms with Crippen molar-refractivity contribution in [3.8, 4) is 0 Å². The molecular weight excluding hydrogens is 330 g/mol. The number of nitrogen functional groups attached to an aromatic ring is 1. The van der Waals surface area contributed by atoms with Crippen LogP contribution in [0.5, 0.6) is 0 Å². The van der Waals surface area contributed by atoms with Crippen LogP contribution in [-0.2, 0) is 0 Å². The van der Waals surface area contributed by atoms with Crippen LogP contribution < -0.4 is 5.73 Å². The van der Waals surface area contributed by atoms with Gasteiger partial charge in [0.1, 0.15) is 0 Å². The van der Waals surface area contributed by atoms with Crippen molar-refractivity contribution in [3.63, 3.8) is 0 Å². The third-order valence-corrected chi connectivity index (χ3v) is 4.34. The number of carbonyl (C=O) groups is 1. The van der Waals surface area contributed by atoms with Crippen LogP contribution in [0.2, 0.25) is 0 Å². The van der Waals surface area contributed by atoms with E-state index in [1.54, 1.807) is 24.5 Å². The molecule has 1 fully saturated rings. The van der Waals surface area contributed by atoms with Crippen LogP contribution in [0.4, 0.5) is 5.69 Å². The van der Waals surface area contributed by atoms with E-state index in [1.165, 1.54) is 0 Å². The number of halogens is 1. The van der Waals surface area contributed by atoms with Crippen molar-refractivity contribution in [2.45, 2.75) is 18.9 Å². The molecule has 2 aromatic rings. The van der Waals surface area contributed by atoms with Gasteiger partial charge < -0.3 is 10.6 Å². The van der Waals surface area contributed by atoms with Crippen LogP contribution in [0, 0.1) is 0 Å². The van der Waals surface area contributed by atoms with Gasteiger partial charge in [-0.05, 0) is 48.7 Å². The lowest BCUT2D eigenvalue weighted by atomic mass is 10.1. The zero-order chi connectivity index (χ0) is 14.8. The minimum Gasteiger partial charge on any atom is -0.398 e. The minimum atomic E-state index is -0.00638. The Labute approximate surface area is 132 Å². The summed E-state index contributed by atoms with van der Waals surface area (Å²) in [5, 5.41) is 0. The summed E-state index contributed by atoms with van der Waals surface area (Å²) >= 11 is 3.40. The summed E-state index contributed by atoms with van der Waals surface area (Å²) in [6, 6.07) is 9.45. The van der Waals surface area contributed by atoms with Crippen molar-refractivity contribution < 1.29 is 4.79 Å². The standard InChI is InChI=1S/C16H16BrN3O/c17-12-3-4-14(18)13(10-12)16(21)20-9-1-2-15(20)11-5-7-19-8-6-11/h3-8,10,15H,1-2,9,18H2. The van der Waals surface area contributed by atoms with E-state index < -0.39 is 0 Å². The summed E-state index contributed by atoms with van der Waals surface area (Å²) in [5.41, 5.74) is 8.17. The number of amides is 1. The molecule has 0 saturated carbocycles. The summed E-state index contributed by atoms with van der Waals surface area (Å²) < 4.78 is 0.861. The molecule has 1 aromatic carbocycles. The largest absolute Gasteiger partial charge is 0.398 e. The quantitative estimate of drug-likeness (QED) is 0.848. The number of hydrogen-bond acceptors (Lipinski definition) is 3. The molecule has 0 bridgehead atoms. The Morgan fingerprint density at radius 2 is 2.05 bits per heavy atom. The average Bonchev–Trinajstić information content (AvgIpc) is 2.99. The van der Waals surface area contributed by atoms with Gasteiger partial charge in [0, 0.05) is 29.1 Å². The molecule has 21 heavy (non-hydrogen) atoms. The normalized spacial score (nSPS) is 18.0. The maximum absolute atomic E-state index is 12.8. The van der Waals surface area contributed by atoms with Gasteiger partial charge in [-0.2, -0.15) is 0 Å². The molecule has 1 amide bonds. The summed E-state index contributed by atoms with van der Waals surface area (Å²) in [6.07, 6.45) is 5.52. The van der Waals surface area contributed by atoms with Gasteiger partial charge in [-0.1, -0.05) is 15.9 Å². The summed E-state index contributed by atoms with van der Waals surface area (Å²) in [6.45, 7) is 0.762. The molecule has 0 aliphatic carbocycles. The van der Waals surface area contributed by atoms with Gasteiger partial charge in [0.2, 0.25) is 0 Å². The first kappa shape index (κ1) is 14.1. The number of rotatable bonds is 2. The number of nitrogens with two attached hydrogens (primary N) is 1. The van der Waals surface area contributed by atoms with Gasteiger partial charge in [-0.15, -0.1) is 0 Å². The van der Waals surface area contributed by atoms with E-state index in [-0.39, 0.29) is 11.9 Å². The molecule has 4 nitrogen and oxygen atoms in total. The number of likely N-dealkylation sites (tertiary alicyclic amines) is 1. The molecule has 1 saturated heterocycles. The van der Waals surface area contributed by atoms with Gasteiger partial charge in [0.05, 0.1) is 11.6 Å². The van der Waals surface area contributed by atoms with Gasteiger partial charge >= 0.3 is 0 Å². The highest BCUT2D eigenvalue weighted by atomic mass is 79.9. The Morgan fingerprint density at radius 3 is 2.81 bits per heavy atom. The molecule has 1 aliphatic heterocycles. The second-order valence-corrected chi connectivity index (χ2v) is 6.08. The summed E-state index contributed by atoms with van der Waals surface area (Å²) in [5.74, 6) is -0.00638. The van der Waals surface area contributed by atoms with Gasteiger partial charge in [0.25, 0.3) is 5.91 Å². The number of anilines is 1. The number of aromatic nitrogens is 1. The summed E-state index contributed by atoms with van der Waals surface area (Å²) in [4.78, 5) is 18.8. The Bertz CT molecular complexity index is 660. The molecule has 1 atom stereocenters. The Hall–Kier alpha value is -1.88. The van der Waals surface area contributed by atoms with E-state index in [4.69, 9.17) is 5.73 Å². The van der Waals surface area contributed by atoms with Gasteiger partial charge in [-0.25, -0.2) is 0 Å². The molecule has 1 unspecified atom stereocenters. The van der Waals surface area contributed by atoms with E-state index in [2.05, 4.69) is 20.9 Å². The van der Waals surface area contributed by atoms with Crippen LogP contribution in [0.3, 0.4) is 0 Å². The molecule has 3 rings (SSSR count). The fourth-order valence-electron chi connectivity index (χ4n) is 2.81. The van der Waals surface area contributed by atoms with E-state index in [9.17, 15) is 4.79 Å². The zero-order valence-electron chi connectivity index (χ0n) is 11.5. The maximum atomic E-state index is 12.8. The van der Waals surface area contributed by atoms with Crippen molar-refractivity contribution in [2.24, 2.45) is 0 Å². The van der Waals surface area contributed by atoms with Crippen molar-refractivity contribution in [2.75, 3.05) is 12.3 Å². The topological polar surface area (TPSA) is 59.2 Å². The monoisotopic (exact) mass is 345 g/mol. The second kappa shape index (κ2) is 5.85. The lowest BCUT2D eigenvalue weighted by molar-refractivity contribution is 0.0736. The minimum absolute atomic E-state index is 0.00638. The van der Waals surface area contributed by atoms with E-state index in [0.29, 0.717) is 11.3 Å². The van der Waals surface area contributed by atoms with Crippen LogP contribution in [0.25, 0.3) is 0 Å². The van der Waals surface area contributed by atoms with Crippen LogP contribution in [0.15, 0.2) is 47.2 Å². The highest BCUT2D eigenvalue weighted by Gasteiger charge is 2.31. The lowest BCUT2D eigenvalue weighted by Crippen LogP contribution is -2.31. The number of hydrogen-bond donors (Lipinski definition) is 1. The number of carbonyl (C=O) groups excluding carboxylic acids is 1. The van der Waals surface area contributed by atoms with E-state index >= 15 is 0 Å². The third kappa shape index (κ3) is 2.78. The fourth-order valence-corrected chi connectivity index (χ4v) is 3.17. The molecule has 0 spiro atoms. The molecule has 2 N–H and O–H groups in total. The third-order valence-electron chi connectivity index (χ3n) is 3.85. The van der Waals surface area contributed by atoms with Crippen LogP contribution in [0.1, 0.15) is 34.8 Å². The van der Waals surface area contributed by atoms with Gasteiger partial charge in [-0.3, -0.25) is 9.78 Å². The first-order valence-corrected chi connectivity index (χ1v) is 7.72. The van der Waals surface area contributed by atoms with Crippen LogP contribution in [-0.4, -0.2) is 22.3 Å². The first-order valence-electron chi connectivity index (χ1n) is 6.93. The number of benzene rings is 1. The number of pyridine rings is 1. The van der Waals surface area contributed by atoms with Crippen molar-refractivity contribution >= 4 is 27.5 Å². The fraction of sp³-hybridized carbons (Fsp3) is 0.250. The number of nitrogens with zero attached hydrogens (tertiary/aromatic N) is 2. The molecule has 0 radical (unpaired) electrons. The zero-order valence-corrected chi connectivity index (χ0v) is 13.1. The lowest BCUT2D eigenvalue weighted by Gasteiger charge is -2.25. The second-order valence-electron chi connectivity index (χ2n) is 5.17. The Kier molecular flexibility index (Phi) is 3.92.